The lowest BCUT2D eigenvalue weighted by Gasteiger charge is -2.21. The Hall–Kier alpha value is -4.75. The third-order valence-corrected chi connectivity index (χ3v) is 8.11. The van der Waals surface area contributed by atoms with E-state index in [-0.39, 0.29) is 0 Å². The van der Waals surface area contributed by atoms with Crippen LogP contribution in [0.15, 0.2) is 132 Å². The maximum Gasteiger partial charge on any atom is 0.0779 e. The van der Waals surface area contributed by atoms with Crippen molar-refractivity contribution in [2.24, 2.45) is 10.9 Å². The van der Waals surface area contributed by atoms with Crippen molar-refractivity contribution in [1.29, 1.82) is 0 Å². The molecule has 0 spiro atoms. The van der Waals surface area contributed by atoms with Crippen LogP contribution in [-0.2, 0) is 0 Å². The van der Waals surface area contributed by atoms with E-state index in [0.717, 1.165) is 12.1 Å². The first kappa shape index (κ1) is 21.3. The Balaban J connectivity index is 1.49. The number of hydrogen-bond acceptors (Lipinski definition) is 1. The predicted octanol–water partition coefficient (Wildman–Crippen LogP) is 10.1. The van der Waals surface area contributed by atoms with Gasteiger partial charge in [0.2, 0.25) is 0 Å². The van der Waals surface area contributed by atoms with Gasteiger partial charge in [0, 0.05) is 23.3 Å². The smallest absolute Gasteiger partial charge is 0.0779 e. The monoisotopic (exact) mass is 483 g/mol. The molecule has 2 heterocycles. The zero-order chi connectivity index (χ0) is 25.1. The van der Waals surface area contributed by atoms with Gasteiger partial charge in [-0.2, -0.15) is 0 Å². The van der Waals surface area contributed by atoms with Gasteiger partial charge in [0.05, 0.1) is 5.69 Å². The molecular weight excluding hydrogens is 458 g/mol. The normalized spacial score (nSPS) is 15.6. The molecule has 6 aromatic carbocycles. The summed E-state index contributed by atoms with van der Waals surface area (Å²) in [6.07, 6.45) is 5.57. The van der Waals surface area contributed by atoms with Gasteiger partial charge in [-0.05, 0) is 67.4 Å². The second kappa shape index (κ2) is 8.39. The van der Waals surface area contributed by atoms with Crippen LogP contribution in [0, 0.1) is 5.92 Å². The summed E-state index contributed by atoms with van der Waals surface area (Å²) in [4.78, 5) is 4.98. The fourth-order valence-corrected chi connectivity index (χ4v) is 6.30. The Labute approximate surface area is 222 Å². The summed E-state index contributed by atoms with van der Waals surface area (Å²) < 4.78 is 0. The quantitative estimate of drug-likeness (QED) is 0.222. The number of hydrogen-bond donors (Lipinski definition) is 0. The summed E-state index contributed by atoms with van der Waals surface area (Å²) in [7, 11) is 0. The van der Waals surface area contributed by atoms with Crippen molar-refractivity contribution in [2.45, 2.75) is 6.42 Å². The predicted molar refractivity (Wildman–Crippen MR) is 162 cm³/mol. The van der Waals surface area contributed by atoms with E-state index in [2.05, 4.69) is 134 Å². The Morgan fingerprint density at radius 2 is 1.08 bits per heavy atom. The largest absolute Gasteiger partial charge is 0.259 e. The SMILES string of the molecule is C1=Nc2c(cccc2-c2ccc3c(-c4ccccc4)c4ccccc4c(-c4ccccc4)c3c2)C2=CC1C2. The first-order chi connectivity index (χ1) is 18.8. The highest BCUT2D eigenvalue weighted by atomic mass is 14.8. The lowest BCUT2D eigenvalue weighted by atomic mass is 9.82. The molecule has 0 fully saturated rings. The average molecular weight is 484 g/mol. The van der Waals surface area contributed by atoms with Crippen LogP contribution >= 0.6 is 0 Å². The number of rotatable bonds is 3. The maximum absolute atomic E-state index is 4.98. The molecule has 1 heteroatoms. The lowest BCUT2D eigenvalue weighted by Crippen LogP contribution is -2.07. The average Bonchev–Trinajstić information content (AvgIpc) is 3.26. The van der Waals surface area contributed by atoms with Crippen molar-refractivity contribution in [3.05, 3.63) is 133 Å². The van der Waals surface area contributed by atoms with Crippen LogP contribution in [0.25, 0.3) is 60.5 Å². The molecule has 1 unspecified atom stereocenters. The van der Waals surface area contributed by atoms with E-state index in [1.54, 1.807) is 0 Å². The fourth-order valence-electron chi connectivity index (χ4n) is 6.30. The number of nitrogens with zero attached hydrogens (tertiary/aromatic N) is 1. The van der Waals surface area contributed by atoms with Crippen molar-refractivity contribution in [3.8, 4) is 33.4 Å². The topological polar surface area (TPSA) is 12.4 Å². The number of aliphatic imine (C=N–C) groups is 1. The molecule has 0 radical (unpaired) electrons. The molecule has 0 aromatic heterocycles. The standard InChI is InChI=1S/C37H25N/c1-3-10-25(11-4-1)35-31-14-7-8-15-32(31)36(26-12-5-2-6-13-26)34-22-27(18-19-33(34)35)29-16-9-17-30-28-20-24(21-28)23-38-37(29)30/h1-20,22-24H,21H2. The van der Waals surface area contributed by atoms with Crippen LogP contribution in [0.2, 0.25) is 0 Å². The highest BCUT2D eigenvalue weighted by molar-refractivity contribution is 6.22. The molecule has 1 aliphatic carbocycles. The molecule has 1 nitrogen and oxygen atoms in total. The minimum absolute atomic E-state index is 0.478. The Kier molecular flexibility index (Phi) is 4.72. The van der Waals surface area contributed by atoms with Crippen LogP contribution in [0.4, 0.5) is 5.69 Å². The Bertz CT molecular complexity index is 1930. The van der Waals surface area contributed by atoms with Crippen LogP contribution < -0.4 is 0 Å². The van der Waals surface area contributed by atoms with E-state index in [0.29, 0.717) is 5.92 Å². The van der Waals surface area contributed by atoms with Crippen molar-refractivity contribution in [3.63, 3.8) is 0 Å². The van der Waals surface area contributed by atoms with Gasteiger partial charge in [0.15, 0.2) is 0 Å². The van der Waals surface area contributed by atoms with Crippen LogP contribution in [0.3, 0.4) is 0 Å². The molecule has 9 rings (SSSR count). The Morgan fingerprint density at radius 3 is 1.76 bits per heavy atom. The number of para-hydroxylation sites is 1. The zero-order valence-electron chi connectivity index (χ0n) is 20.9. The molecule has 0 saturated carbocycles. The van der Waals surface area contributed by atoms with Crippen molar-refractivity contribution in [1.82, 2.24) is 0 Å². The second-order valence-corrected chi connectivity index (χ2v) is 10.3. The fraction of sp³-hybridized carbons (Fsp3) is 0.0541. The molecule has 1 atom stereocenters. The number of allylic oxidation sites excluding steroid dienone is 2. The molecular formula is C37H25N. The summed E-state index contributed by atoms with van der Waals surface area (Å²) in [6.45, 7) is 0. The maximum atomic E-state index is 4.98. The van der Waals surface area contributed by atoms with Gasteiger partial charge in [-0.25, -0.2) is 0 Å². The molecule has 2 aliphatic heterocycles. The van der Waals surface area contributed by atoms with Crippen molar-refractivity contribution in [2.75, 3.05) is 0 Å². The van der Waals surface area contributed by atoms with E-state index < -0.39 is 0 Å². The second-order valence-electron chi connectivity index (χ2n) is 10.3. The highest BCUT2D eigenvalue weighted by Crippen LogP contribution is 2.48. The van der Waals surface area contributed by atoms with Crippen LogP contribution in [0.5, 0.6) is 0 Å². The molecule has 38 heavy (non-hydrogen) atoms. The first-order valence-corrected chi connectivity index (χ1v) is 13.3. The van der Waals surface area contributed by atoms with Gasteiger partial charge in [-0.3, -0.25) is 4.99 Å². The summed E-state index contributed by atoms with van der Waals surface area (Å²) >= 11 is 0. The molecule has 2 bridgehead atoms. The van der Waals surface area contributed by atoms with Crippen LogP contribution in [0.1, 0.15) is 12.0 Å². The molecule has 6 aromatic rings. The summed E-state index contributed by atoms with van der Waals surface area (Å²) in [5.74, 6) is 0.478. The first-order valence-electron chi connectivity index (χ1n) is 13.3. The van der Waals surface area contributed by atoms with E-state index >= 15 is 0 Å². The molecule has 178 valence electrons. The van der Waals surface area contributed by atoms with E-state index in [9.17, 15) is 0 Å². The van der Waals surface area contributed by atoms with Crippen molar-refractivity contribution < 1.29 is 0 Å². The zero-order valence-corrected chi connectivity index (χ0v) is 20.9. The number of fused-ring (bicyclic) bond motifs is 2. The summed E-state index contributed by atoms with van der Waals surface area (Å²) in [6, 6.07) is 44.1. The highest BCUT2D eigenvalue weighted by Gasteiger charge is 2.25. The third kappa shape index (κ3) is 3.22. The van der Waals surface area contributed by atoms with Gasteiger partial charge in [-0.1, -0.05) is 121 Å². The van der Waals surface area contributed by atoms with E-state index in [1.807, 2.05) is 0 Å². The van der Waals surface area contributed by atoms with Gasteiger partial charge in [0.1, 0.15) is 0 Å². The van der Waals surface area contributed by atoms with Gasteiger partial charge in [-0.15, -0.1) is 0 Å². The van der Waals surface area contributed by atoms with E-state index in [1.165, 1.54) is 66.1 Å². The van der Waals surface area contributed by atoms with Crippen molar-refractivity contribution >= 4 is 39.0 Å². The molecule has 0 N–H and O–H groups in total. The minimum Gasteiger partial charge on any atom is -0.259 e. The van der Waals surface area contributed by atoms with Gasteiger partial charge >= 0.3 is 0 Å². The minimum atomic E-state index is 0.478. The third-order valence-electron chi connectivity index (χ3n) is 8.11. The van der Waals surface area contributed by atoms with Gasteiger partial charge < -0.3 is 0 Å². The van der Waals surface area contributed by atoms with Gasteiger partial charge in [0.25, 0.3) is 0 Å². The lowest BCUT2D eigenvalue weighted by molar-refractivity contribution is 0.853. The van der Waals surface area contributed by atoms with Crippen LogP contribution in [-0.4, -0.2) is 6.21 Å². The number of benzene rings is 6. The van der Waals surface area contributed by atoms with E-state index in [4.69, 9.17) is 4.99 Å². The molecule has 0 saturated heterocycles. The summed E-state index contributed by atoms with van der Waals surface area (Å²) in [5, 5.41) is 5.10. The Morgan fingerprint density at radius 1 is 0.500 bits per heavy atom. The molecule has 0 amide bonds. The summed E-state index contributed by atoms with van der Waals surface area (Å²) in [5.41, 5.74) is 11.3. The molecule has 3 aliphatic rings.